The summed E-state index contributed by atoms with van der Waals surface area (Å²) in [6.07, 6.45) is 20.0. The van der Waals surface area contributed by atoms with Gasteiger partial charge in [0.25, 0.3) is 0 Å². The molecule has 0 heterocycles. The standard InChI is InChI=1S/C15H29/c1-2-3-4-5-6-7-9-12-15-13-10-8-11-14-15/h10,15H,2-9,11-14H2,1H3. The molecule has 1 atom stereocenters. The molecule has 0 heteroatoms. The lowest BCUT2D eigenvalue weighted by Crippen LogP contribution is -2.06. The Balaban J connectivity index is 1.79. The van der Waals surface area contributed by atoms with Crippen LogP contribution in [0.15, 0.2) is 0 Å². The summed E-state index contributed by atoms with van der Waals surface area (Å²) in [5, 5.41) is 0. The van der Waals surface area contributed by atoms with Gasteiger partial charge in [-0.3, -0.25) is 0 Å². The minimum absolute atomic E-state index is 1.05. The van der Waals surface area contributed by atoms with Crippen LogP contribution >= 0.6 is 0 Å². The smallest absolute Gasteiger partial charge is 0.0383 e. The molecule has 0 aromatic carbocycles. The van der Waals surface area contributed by atoms with E-state index in [1.165, 1.54) is 77.0 Å². The topological polar surface area (TPSA) is 0 Å². The van der Waals surface area contributed by atoms with Gasteiger partial charge < -0.3 is 0 Å². The van der Waals surface area contributed by atoms with Crippen molar-refractivity contribution in [3.05, 3.63) is 6.42 Å². The molecule has 0 N–H and O–H groups in total. The van der Waals surface area contributed by atoms with Crippen LogP contribution < -0.4 is 0 Å². The first-order valence-electron chi connectivity index (χ1n) is 7.25. The van der Waals surface area contributed by atoms with Gasteiger partial charge in [-0.25, -0.2) is 0 Å². The largest absolute Gasteiger partial charge is 0.0654 e. The van der Waals surface area contributed by atoms with Gasteiger partial charge in [0.05, 0.1) is 0 Å². The molecule has 0 nitrogen and oxygen atoms in total. The molecular formula is C15H29. The maximum atomic E-state index is 2.51. The first-order chi connectivity index (χ1) is 7.43. The lowest BCUT2D eigenvalue weighted by Gasteiger charge is -2.20. The van der Waals surface area contributed by atoms with Gasteiger partial charge in [-0.1, -0.05) is 77.6 Å². The summed E-state index contributed by atoms with van der Waals surface area (Å²) < 4.78 is 0. The first-order valence-corrected chi connectivity index (χ1v) is 7.25. The van der Waals surface area contributed by atoms with Crippen LogP contribution in [-0.4, -0.2) is 0 Å². The van der Waals surface area contributed by atoms with Gasteiger partial charge in [-0.2, -0.15) is 0 Å². The van der Waals surface area contributed by atoms with Crippen molar-refractivity contribution in [1.29, 1.82) is 0 Å². The van der Waals surface area contributed by atoms with Crippen molar-refractivity contribution in [1.82, 2.24) is 0 Å². The Morgan fingerprint density at radius 1 is 1.00 bits per heavy atom. The molecule has 0 aromatic rings. The van der Waals surface area contributed by atoms with Gasteiger partial charge in [-0.05, 0) is 18.8 Å². The van der Waals surface area contributed by atoms with Crippen LogP contribution in [0, 0.1) is 12.3 Å². The van der Waals surface area contributed by atoms with Crippen LogP contribution in [0.25, 0.3) is 0 Å². The Hall–Kier alpha value is 0. The SMILES string of the molecule is CCCCCCCCCC1C[CH]CCC1. The molecule has 1 saturated carbocycles. The van der Waals surface area contributed by atoms with Gasteiger partial charge in [0.1, 0.15) is 0 Å². The van der Waals surface area contributed by atoms with Crippen LogP contribution in [0.1, 0.15) is 84.0 Å². The molecular weight excluding hydrogens is 180 g/mol. The molecule has 89 valence electrons. The van der Waals surface area contributed by atoms with Crippen molar-refractivity contribution in [3.8, 4) is 0 Å². The fourth-order valence-electron chi connectivity index (χ4n) is 2.67. The minimum Gasteiger partial charge on any atom is -0.0654 e. The zero-order chi connectivity index (χ0) is 10.8. The Kier molecular flexibility index (Phi) is 8.05. The molecule has 0 spiro atoms. The van der Waals surface area contributed by atoms with Crippen molar-refractivity contribution in [2.45, 2.75) is 84.0 Å². The van der Waals surface area contributed by atoms with E-state index in [-0.39, 0.29) is 0 Å². The summed E-state index contributed by atoms with van der Waals surface area (Å²) in [5.74, 6) is 1.05. The highest BCUT2D eigenvalue weighted by atomic mass is 14.2. The van der Waals surface area contributed by atoms with Crippen LogP contribution in [0.4, 0.5) is 0 Å². The van der Waals surface area contributed by atoms with Crippen molar-refractivity contribution in [3.63, 3.8) is 0 Å². The predicted molar refractivity (Wildman–Crippen MR) is 68.9 cm³/mol. The average Bonchev–Trinajstić information content (AvgIpc) is 2.29. The van der Waals surface area contributed by atoms with E-state index in [1.807, 2.05) is 0 Å². The zero-order valence-corrected chi connectivity index (χ0v) is 10.6. The second-order valence-electron chi connectivity index (χ2n) is 5.23. The zero-order valence-electron chi connectivity index (χ0n) is 10.6. The van der Waals surface area contributed by atoms with E-state index in [2.05, 4.69) is 13.3 Å². The summed E-state index contributed by atoms with van der Waals surface area (Å²) >= 11 is 0. The molecule has 1 rings (SSSR count). The second-order valence-corrected chi connectivity index (χ2v) is 5.23. The molecule has 1 unspecified atom stereocenters. The summed E-state index contributed by atoms with van der Waals surface area (Å²) in [7, 11) is 0. The van der Waals surface area contributed by atoms with Crippen LogP contribution in [-0.2, 0) is 0 Å². The van der Waals surface area contributed by atoms with Gasteiger partial charge in [0, 0.05) is 0 Å². The van der Waals surface area contributed by atoms with E-state index in [0.29, 0.717) is 0 Å². The minimum atomic E-state index is 1.05. The third-order valence-electron chi connectivity index (χ3n) is 3.74. The Morgan fingerprint density at radius 3 is 2.40 bits per heavy atom. The van der Waals surface area contributed by atoms with Crippen molar-refractivity contribution in [2.24, 2.45) is 5.92 Å². The number of hydrogen-bond acceptors (Lipinski definition) is 0. The lowest BCUT2D eigenvalue weighted by molar-refractivity contribution is 0.372. The predicted octanol–water partition coefficient (Wildman–Crippen LogP) is 5.52. The van der Waals surface area contributed by atoms with Crippen LogP contribution in [0.5, 0.6) is 0 Å². The first kappa shape index (κ1) is 13.1. The molecule has 1 radical (unpaired) electrons. The summed E-state index contributed by atoms with van der Waals surface area (Å²) in [6, 6.07) is 0. The summed E-state index contributed by atoms with van der Waals surface area (Å²) in [6.45, 7) is 2.29. The summed E-state index contributed by atoms with van der Waals surface area (Å²) in [4.78, 5) is 0. The fraction of sp³-hybridized carbons (Fsp3) is 0.933. The second kappa shape index (κ2) is 9.24. The van der Waals surface area contributed by atoms with E-state index in [9.17, 15) is 0 Å². The van der Waals surface area contributed by atoms with E-state index in [0.717, 1.165) is 5.92 Å². The highest BCUT2D eigenvalue weighted by Gasteiger charge is 2.12. The maximum absolute atomic E-state index is 2.51. The third kappa shape index (κ3) is 6.98. The Morgan fingerprint density at radius 2 is 1.73 bits per heavy atom. The summed E-state index contributed by atoms with van der Waals surface area (Å²) in [5.41, 5.74) is 0. The van der Waals surface area contributed by atoms with Crippen LogP contribution in [0.2, 0.25) is 0 Å². The fourth-order valence-corrected chi connectivity index (χ4v) is 2.67. The Labute approximate surface area is 96.8 Å². The highest BCUT2D eigenvalue weighted by molar-refractivity contribution is 4.77. The van der Waals surface area contributed by atoms with E-state index in [1.54, 1.807) is 0 Å². The molecule has 1 aliphatic carbocycles. The van der Waals surface area contributed by atoms with Gasteiger partial charge in [0.15, 0.2) is 0 Å². The number of hydrogen-bond donors (Lipinski definition) is 0. The van der Waals surface area contributed by atoms with Crippen molar-refractivity contribution in [2.75, 3.05) is 0 Å². The molecule has 0 bridgehead atoms. The average molecular weight is 209 g/mol. The van der Waals surface area contributed by atoms with E-state index < -0.39 is 0 Å². The highest BCUT2D eigenvalue weighted by Crippen LogP contribution is 2.27. The molecule has 0 amide bonds. The number of unbranched alkanes of at least 4 members (excludes halogenated alkanes) is 6. The Bertz CT molecular complexity index is 122. The monoisotopic (exact) mass is 209 g/mol. The maximum Gasteiger partial charge on any atom is -0.0383 e. The van der Waals surface area contributed by atoms with Gasteiger partial charge in [-0.15, -0.1) is 0 Å². The molecule has 1 aliphatic rings. The normalized spacial score (nSPS) is 18.2. The number of rotatable bonds is 8. The van der Waals surface area contributed by atoms with Gasteiger partial charge >= 0.3 is 0 Å². The quantitative estimate of drug-likeness (QED) is 0.462. The van der Waals surface area contributed by atoms with E-state index in [4.69, 9.17) is 0 Å². The van der Waals surface area contributed by atoms with Crippen LogP contribution in [0.3, 0.4) is 0 Å². The van der Waals surface area contributed by atoms with Crippen molar-refractivity contribution < 1.29 is 0 Å². The molecule has 15 heavy (non-hydrogen) atoms. The third-order valence-corrected chi connectivity index (χ3v) is 3.74. The van der Waals surface area contributed by atoms with E-state index >= 15 is 0 Å². The molecule has 0 aliphatic heterocycles. The molecule has 0 saturated heterocycles. The van der Waals surface area contributed by atoms with Gasteiger partial charge in [0.2, 0.25) is 0 Å². The lowest BCUT2D eigenvalue weighted by atomic mass is 9.85. The molecule has 1 fully saturated rings. The molecule has 0 aromatic heterocycles. The van der Waals surface area contributed by atoms with Crippen molar-refractivity contribution >= 4 is 0 Å².